The lowest BCUT2D eigenvalue weighted by atomic mass is 10.0. The highest BCUT2D eigenvalue weighted by Gasteiger charge is 2.22. The molecule has 1 amide bonds. The topological polar surface area (TPSA) is 59.2 Å². The van der Waals surface area contributed by atoms with Gasteiger partial charge in [-0.1, -0.05) is 53.7 Å². The minimum Gasteiger partial charge on any atom is -0.351 e. The third-order valence-electron chi connectivity index (χ3n) is 4.20. The first kappa shape index (κ1) is 16.7. The molecule has 27 heavy (non-hydrogen) atoms. The second-order valence-electron chi connectivity index (χ2n) is 6.01. The van der Waals surface area contributed by atoms with Crippen molar-refractivity contribution in [2.24, 2.45) is 0 Å². The van der Waals surface area contributed by atoms with Crippen LogP contribution in [0.2, 0.25) is 0 Å². The van der Waals surface area contributed by atoms with E-state index in [0.717, 1.165) is 22.5 Å². The Kier molecular flexibility index (Phi) is 4.74. The molecule has 2 heterocycles. The van der Waals surface area contributed by atoms with Gasteiger partial charge in [0.05, 0.1) is 18.4 Å². The van der Waals surface area contributed by atoms with E-state index < -0.39 is 0 Å². The fourth-order valence-electron chi connectivity index (χ4n) is 2.88. The SMILES string of the molecule is O=C(c1ccno1)N(Cc1ccccn1)c1cccc(-c2ccccc2)c1. The minimum atomic E-state index is -0.261. The van der Waals surface area contributed by atoms with Crippen molar-refractivity contribution in [3.05, 3.63) is 103 Å². The molecule has 0 N–H and O–H groups in total. The molecule has 0 saturated heterocycles. The molecule has 0 spiro atoms. The molecule has 0 fully saturated rings. The van der Waals surface area contributed by atoms with Crippen LogP contribution in [0.25, 0.3) is 11.1 Å². The number of carbonyl (C=O) groups is 1. The number of pyridine rings is 1. The van der Waals surface area contributed by atoms with Gasteiger partial charge in [-0.15, -0.1) is 0 Å². The van der Waals surface area contributed by atoms with Crippen molar-refractivity contribution >= 4 is 11.6 Å². The summed E-state index contributed by atoms with van der Waals surface area (Å²) in [7, 11) is 0. The fourth-order valence-corrected chi connectivity index (χ4v) is 2.88. The number of anilines is 1. The van der Waals surface area contributed by atoms with E-state index in [4.69, 9.17) is 4.52 Å². The summed E-state index contributed by atoms with van der Waals surface area (Å²) in [5.74, 6) is -0.0700. The Balaban J connectivity index is 1.73. The van der Waals surface area contributed by atoms with Gasteiger partial charge in [0.1, 0.15) is 0 Å². The van der Waals surface area contributed by atoms with Crippen LogP contribution in [0.3, 0.4) is 0 Å². The molecule has 2 aromatic heterocycles. The zero-order valence-electron chi connectivity index (χ0n) is 14.5. The molecule has 0 bridgehead atoms. The molecule has 0 radical (unpaired) electrons. The highest BCUT2D eigenvalue weighted by molar-refractivity contribution is 6.04. The third-order valence-corrected chi connectivity index (χ3v) is 4.20. The summed E-state index contributed by atoms with van der Waals surface area (Å²) in [6, 6.07) is 25.1. The van der Waals surface area contributed by atoms with Gasteiger partial charge in [0.15, 0.2) is 0 Å². The molecule has 5 nitrogen and oxygen atoms in total. The molecule has 0 unspecified atom stereocenters. The number of aromatic nitrogens is 2. The van der Waals surface area contributed by atoms with Gasteiger partial charge in [0, 0.05) is 18.0 Å². The maximum atomic E-state index is 13.0. The van der Waals surface area contributed by atoms with Crippen LogP contribution in [0, 0.1) is 0 Å². The molecule has 0 atom stereocenters. The van der Waals surface area contributed by atoms with E-state index in [0.29, 0.717) is 6.54 Å². The molecule has 2 aromatic carbocycles. The zero-order chi connectivity index (χ0) is 18.5. The average molecular weight is 355 g/mol. The Morgan fingerprint density at radius 3 is 2.41 bits per heavy atom. The van der Waals surface area contributed by atoms with Crippen molar-refractivity contribution in [2.45, 2.75) is 6.54 Å². The molecule has 4 rings (SSSR count). The summed E-state index contributed by atoms with van der Waals surface area (Å²) in [6.45, 7) is 0.332. The summed E-state index contributed by atoms with van der Waals surface area (Å²) in [5, 5.41) is 3.65. The quantitative estimate of drug-likeness (QED) is 0.526. The zero-order valence-corrected chi connectivity index (χ0v) is 14.5. The number of nitrogens with zero attached hydrogens (tertiary/aromatic N) is 3. The van der Waals surface area contributed by atoms with E-state index in [1.807, 2.05) is 72.8 Å². The Morgan fingerprint density at radius 1 is 0.852 bits per heavy atom. The van der Waals surface area contributed by atoms with Gasteiger partial charge in [-0.05, 0) is 35.4 Å². The van der Waals surface area contributed by atoms with Crippen LogP contribution >= 0.6 is 0 Å². The molecule has 5 heteroatoms. The number of amides is 1. The van der Waals surface area contributed by atoms with Crippen LogP contribution in [-0.2, 0) is 6.54 Å². The molecular formula is C22H17N3O2. The van der Waals surface area contributed by atoms with Gasteiger partial charge in [0.25, 0.3) is 5.91 Å². The second kappa shape index (κ2) is 7.66. The lowest BCUT2D eigenvalue weighted by molar-refractivity contribution is 0.0949. The van der Waals surface area contributed by atoms with E-state index in [2.05, 4.69) is 10.1 Å². The smallest absolute Gasteiger partial charge is 0.297 e. The Morgan fingerprint density at radius 2 is 1.67 bits per heavy atom. The van der Waals surface area contributed by atoms with E-state index in [9.17, 15) is 4.79 Å². The van der Waals surface area contributed by atoms with Crippen LogP contribution in [0.4, 0.5) is 5.69 Å². The number of rotatable bonds is 5. The summed E-state index contributed by atoms with van der Waals surface area (Å²) in [5.41, 5.74) is 3.67. The molecule has 0 aliphatic carbocycles. The van der Waals surface area contributed by atoms with E-state index in [1.54, 1.807) is 17.2 Å². The first-order chi connectivity index (χ1) is 13.3. The molecule has 0 saturated carbocycles. The van der Waals surface area contributed by atoms with Gasteiger partial charge in [-0.25, -0.2) is 0 Å². The molecule has 132 valence electrons. The number of hydrogen-bond donors (Lipinski definition) is 0. The average Bonchev–Trinajstić information content (AvgIpc) is 3.28. The van der Waals surface area contributed by atoms with Gasteiger partial charge in [0.2, 0.25) is 5.76 Å². The van der Waals surface area contributed by atoms with Crippen molar-refractivity contribution < 1.29 is 9.32 Å². The van der Waals surface area contributed by atoms with Crippen LogP contribution < -0.4 is 4.90 Å². The van der Waals surface area contributed by atoms with E-state index >= 15 is 0 Å². The molecule has 4 aromatic rings. The fraction of sp³-hybridized carbons (Fsp3) is 0.0455. The maximum Gasteiger partial charge on any atom is 0.297 e. The van der Waals surface area contributed by atoms with Crippen molar-refractivity contribution in [1.82, 2.24) is 10.1 Å². The normalized spacial score (nSPS) is 10.5. The Labute approximate surface area is 156 Å². The monoisotopic (exact) mass is 355 g/mol. The van der Waals surface area contributed by atoms with Crippen molar-refractivity contribution in [3.8, 4) is 11.1 Å². The third kappa shape index (κ3) is 3.77. The minimum absolute atomic E-state index is 0.191. The first-order valence-corrected chi connectivity index (χ1v) is 8.59. The Bertz CT molecular complexity index is 1020. The number of hydrogen-bond acceptors (Lipinski definition) is 4. The summed E-state index contributed by atoms with van der Waals surface area (Å²) < 4.78 is 5.09. The van der Waals surface area contributed by atoms with Crippen molar-refractivity contribution in [1.29, 1.82) is 0 Å². The highest BCUT2D eigenvalue weighted by atomic mass is 16.5. The van der Waals surface area contributed by atoms with Gasteiger partial charge >= 0.3 is 0 Å². The Hall–Kier alpha value is -3.73. The molecule has 0 aliphatic heterocycles. The highest BCUT2D eigenvalue weighted by Crippen LogP contribution is 2.26. The van der Waals surface area contributed by atoms with Crippen LogP contribution in [0.5, 0.6) is 0 Å². The van der Waals surface area contributed by atoms with E-state index in [1.165, 1.54) is 6.20 Å². The second-order valence-corrected chi connectivity index (χ2v) is 6.01. The largest absolute Gasteiger partial charge is 0.351 e. The van der Waals surface area contributed by atoms with Gasteiger partial charge in [-0.2, -0.15) is 0 Å². The van der Waals surface area contributed by atoms with E-state index in [-0.39, 0.29) is 11.7 Å². The number of carbonyl (C=O) groups excluding carboxylic acids is 1. The van der Waals surface area contributed by atoms with Gasteiger partial charge in [-0.3, -0.25) is 14.7 Å². The molecule has 0 aliphatic rings. The van der Waals surface area contributed by atoms with Crippen LogP contribution in [-0.4, -0.2) is 16.0 Å². The lowest BCUT2D eigenvalue weighted by Gasteiger charge is -2.22. The summed E-state index contributed by atoms with van der Waals surface area (Å²) in [4.78, 5) is 19.0. The van der Waals surface area contributed by atoms with Crippen LogP contribution in [0.1, 0.15) is 16.2 Å². The molecular weight excluding hydrogens is 338 g/mol. The first-order valence-electron chi connectivity index (χ1n) is 8.59. The maximum absolute atomic E-state index is 13.0. The summed E-state index contributed by atoms with van der Waals surface area (Å²) >= 11 is 0. The standard InChI is InChI=1S/C22H17N3O2/c26-22(21-12-14-24-27-21)25(16-19-10-4-5-13-23-19)20-11-6-9-18(15-20)17-7-2-1-3-8-17/h1-15H,16H2. The summed E-state index contributed by atoms with van der Waals surface area (Å²) in [6.07, 6.45) is 3.18. The lowest BCUT2D eigenvalue weighted by Crippen LogP contribution is -2.30. The van der Waals surface area contributed by atoms with Crippen molar-refractivity contribution in [3.63, 3.8) is 0 Å². The van der Waals surface area contributed by atoms with Crippen molar-refractivity contribution in [2.75, 3.05) is 4.90 Å². The van der Waals surface area contributed by atoms with Crippen LogP contribution in [0.15, 0.2) is 95.8 Å². The predicted octanol–water partition coefficient (Wildman–Crippen LogP) is 4.58. The number of benzene rings is 2. The predicted molar refractivity (Wildman–Crippen MR) is 103 cm³/mol. The van der Waals surface area contributed by atoms with Gasteiger partial charge < -0.3 is 4.52 Å².